The van der Waals surface area contributed by atoms with Crippen LogP contribution in [0.15, 0.2) is 35.4 Å². The van der Waals surface area contributed by atoms with Gasteiger partial charge in [-0.1, -0.05) is 5.21 Å². The van der Waals surface area contributed by atoms with Crippen molar-refractivity contribution in [3.8, 4) is 5.69 Å². The number of hydrogen-bond donors (Lipinski definition) is 2. The second kappa shape index (κ2) is 4.84. The fraction of sp³-hybridized carbons (Fsp3) is 0.200. The molecular formula is C10H13N5O2S. The molecule has 2 aromatic rings. The highest BCUT2D eigenvalue weighted by Gasteiger charge is 2.09. The number of rotatable bonds is 4. The molecule has 0 fully saturated rings. The largest absolute Gasteiger partial charge is 0.330 e. The third kappa shape index (κ3) is 2.55. The minimum absolute atomic E-state index is 0.0618. The van der Waals surface area contributed by atoms with Gasteiger partial charge in [0.1, 0.15) is 0 Å². The Hall–Kier alpha value is -1.77. The van der Waals surface area contributed by atoms with E-state index < -0.39 is 10.0 Å². The molecule has 4 N–H and O–H groups in total. The van der Waals surface area contributed by atoms with E-state index in [-0.39, 0.29) is 4.90 Å². The van der Waals surface area contributed by atoms with Crippen LogP contribution in [0.2, 0.25) is 0 Å². The molecule has 7 nitrogen and oxygen atoms in total. The molecule has 18 heavy (non-hydrogen) atoms. The zero-order valence-electron chi connectivity index (χ0n) is 9.52. The third-order valence-corrected chi connectivity index (χ3v) is 3.36. The van der Waals surface area contributed by atoms with Gasteiger partial charge in [0.25, 0.3) is 0 Å². The number of aromatic nitrogens is 3. The van der Waals surface area contributed by atoms with Crippen LogP contribution in [-0.2, 0) is 16.4 Å². The van der Waals surface area contributed by atoms with Gasteiger partial charge in [0.15, 0.2) is 0 Å². The molecular weight excluding hydrogens is 254 g/mol. The van der Waals surface area contributed by atoms with Crippen LogP contribution >= 0.6 is 0 Å². The van der Waals surface area contributed by atoms with Crippen molar-refractivity contribution in [3.05, 3.63) is 36.2 Å². The first-order chi connectivity index (χ1) is 8.52. The number of benzene rings is 1. The highest BCUT2D eigenvalue weighted by atomic mass is 32.2. The Labute approximate surface area is 104 Å². The van der Waals surface area contributed by atoms with Crippen molar-refractivity contribution in [2.75, 3.05) is 6.54 Å². The first kappa shape index (κ1) is 12.7. The lowest BCUT2D eigenvalue weighted by Crippen LogP contribution is -2.12. The molecule has 0 saturated carbocycles. The Morgan fingerprint density at radius 1 is 1.22 bits per heavy atom. The zero-order valence-corrected chi connectivity index (χ0v) is 10.3. The lowest BCUT2D eigenvalue weighted by molar-refractivity contribution is 0.597. The molecule has 0 saturated heterocycles. The topological polar surface area (TPSA) is 117 Å². The summed E-state index contributed by atoms with van der Waals surface area (Å²) in [6, 6.07) is 6.10. The van der Waals surface area contributed by atoms with Gasteiger partial charge in [0.05, 0.1) is 22.5 Å². The number of hydrogen-bond acceptors (Lipinski definition) is 5. The Morgan fingerprint density at radius 2 is 1.89 bits per heavy atom. The van der Waals surface area contributed by atoms with Crippen LogP contribution in [0, 0.1) is 0 Å². The van der Waals surface area contributed by atoms with Crippen molar-refractivity contribution in [2.24, 2.45) is 10.9 Å². The first-order valence-electron chi connectivity index (χ1n) is 5.25. The van der Waals surface area contributed by atoms with Crippen molar-refractivity contribution in [3.63, 3.8) is 0 Å². The lowest BCUT2D eigenvalue weighted by Gasteiger charge is -2.05. The smallest absolute Gasteiger partial charge is 0.238 e. The van der Waals surface area contributed by atoms with Crippen molar-refractivity contribution < 1.29 is 8.42 Å². The fourth-order valence-corrected chi connectivity index (χ4v) is 2.08. The van der Waals surface area contributed by atoms with E-state index in [1.807, 2.05) is 0 Å². The molecule has 0 spiro atoms. The lowest BCUT2D eigenvalue weighted by atomic mass is 10.3. The second-order valence-corrected chi connectivity index (χ2v) is 5.28. The van der Waals surface area contributed by atoms with Crippen LogP contribution in [0.25, 0.3) is 5.69 Å². The summed E-state index contributed by atoms with van der Waals surface area (Å²) in [6.45, 7) is 0.489. The molecule has 2 rings (SSSR count). The molecule has 0 aliphatic heterocycles. The van der Waals surface area contributed by atoms with Crippen LogP contribution in [0.3, 0.4) is 0 Å². The van der Waals surface area contributed by atoms with E-state index in [2.05, 4.69) is 10.3 Å². The van der Waals surface area contributed by atoms with E-state index in [9.17, 15) is 8.42 Å². The maximum absolute atomic E-state index is 11.1. The summed E-state index contributed by atoms with van der Waals surface area (Å²) in [7, 11) is -3.67. The molecule has 96 valence electrons. The van der Waals surface area contributed by atoms with Gasteiger partial charge in [-0.3, -0.25) is 0 Å². The summed E-state index contributed by atoms with van der Waals surface area (Å²) in [5.74, 6) is 0. The first-order valence-corrected chi connectivity index (χ1v) is 6.80. The Bertz CT molecular complexity index is 633. The van der Waals surface area contributed by atoms with E-state index >= 15 is 0 Å². The number of sulfonamides is 1. The molecule has 0 aliphatic carbocycles. The number of nitrogens with zero attached hydrogens (tertiary/aromatic N) is 3. The Balaban J connectivity index is 2.37. The van der Waals surface area contributed by atoms with Gasteiger partial charge in [0.2, 0.25) is 10.0 Å². The number of primary sulfonamides is 1. The number of nitrogens with two attached hydrogens (primary N) is 2. The van der Waals surface area contributed by atoms with Gasteiger partial charge in [-0.05, 0) is 30.8 Å². The fourth-order valence-electron chi connectivity index (χ4n) is 1.57. The van der Waals surface area contributed by atoms with Gasteiger partial charge in [-0.25, -0.2) is 18.2 Å². The molecule has 0 bridgehead atoms. The monoisotopic (exact) mass is 267 g/mol. The maximum atomic E-state index is 11.1. The summed E-state index contributed by atoms with van der Waals surface area (Å²) in [4.78, 5) is 0.0618. The van der Waals surface area contributed by atoms with Gasteiger partial charge >= 0.3 is 0 Å². The van der Waals surface area contributed by atoms with Crippen LogP contribution in [-0.4, -0.2) is 30.0 Å². The summed E-state index contributed by atoms with van der Waals surface area (Å²) >= 11 is 0. The average molecular weight is 267 g/mol. The normalized spacial score (nSPS) is 11.7. The van der Waals surface area contributed by atoms with Crippen LogP contribution in [0.4, 0.5) is 0 Å². The van der Waals surface area contributed by atoms with Gasteiger partial charge in [-0.15, -0.1) is 5.10 Å². The average Bonchev–Trinajstić information content (AvgIpc) is 2.77. The molecule has 0 atom stereocenters. The van der Waals surface area contributed by atoms with Crippen molar-refractivity contribution in [1.82, 2.24) is 15.0 Å². The van der Waals surface area contributed by atoms with Crippen molar-refractivity contribution >= 4 is 10.0 Å². The van der Waals surface area contributed by atoms with Crippen LogP contribution < -0.4 is 10.9 Å². The SMILES string of the molecule is NCCc1cnnn1-c1ccc(S(N)(=O)=O)cc1. The van der Waals surface area contributed by atoms with Gasteiger partial charge in [-0.2, -0.15) is 0 Å². The second-order valence-electron chi connectivity index (χ2n) is 3.71. The van der Waals surface area contributed by atoms with E-state index in [0.717, 1.165) is 5.69 Å². The Morgan fingerprint density at radius 3 is 2.44 bits per heavy atom. The summed E-state index contributed by atoms with van der Waals surface area (Å²) in [5.41, 5.74) is 7.06. The predicted octanol–water partition coefficient (Wildman–Crippen LogP) is -0.584. The predicted molar refractivity (Wildman–Crippen MR) is 65.5 cm³/mol. The van der Waals surface area contributed by atoms with Gasteiger partial charge < -0.3 is 5.73 Å². The molecule has 1 aromatic heterocycles. The van der Waals surface area contributed by atoms with E-state index in [0.29, 0.717) is 18.7 Å². The van der Waals surface area contributed by atoms with Crippen molar-refractivity contribution in [1.29, 1.82) is 0 Å². The van der Waals surface area contributed by atoms with Gasteiger partial charge in [0, 0.05) is 6.42 Å². The minimum Gasteiger partial charge on any atom is -0.330 e. The highest BCUT2D eigenvalue weighted by Crippen LogP contribution is 2.13. The molecule has 0 radical (unpaired) electrons. The van der Waals surface area contributed by atoms with E-state index in [4.69, 9.17) is 10.9 Å². The molecule has 0 unspecified atom stereocenters. The quantitative estimate of drug-likeness (QED) is 0.768. The van der Waals surface area contributed by atoms with E-state index in [1.54, 1.807) is 23.0 Å². The van der Waals surface area contributed by atoms with Crippen LogP contribution in [0.5, 0.6) is 0 Å². The standard InChI is InChI=1S/C10H13N5O2S/c11-6-5-9-7-13-14-15(9)8-1-3-10(4-2-8)18(12,16)17/h1-4,7H,5-6,11H2,(H2,12,16,17). The molecule has 1 heterocycles. The third-order valence-electron chi connectivity index (χ3n) is 2.43. The molecule has 8 heteroatoms. The van der Waals surface area contributed by atoms with E-state index in [1.165, 1.54) is 12.1 Å². The molecule has 0 amide bonds. The zero-order chi connectivity index (χ0) is 13.2. The summed E-state index contributed by atoms with van der Waals surface area (Å²) < 4.78 is 23.9. The molecule has 0 aliphatic rings. The maximum Gasteiger partial charge on any atom is 0.238 e. The highest BCUT2D eigenvalue weighted by molar-refractivity contribution is 7.89. The minimum atomic E-state index is -3.67. The summed E-state index contributed by atoms with van der Waals surface area (Å²) in [5, 5.41) is 12.8. The van der Waals surface area contributed by atoms with Crippen LogP contribution in [0.1, 0.15) is 5.69 Å². The Kier molecular flexibility index (Phi) is 3.41. The summed E-state index contributed by atoms with van der Waals surface area (Å²) in [6.07, 6.45) is 2.27. The van der Waals surface area contributed by atoms with Crippen molar-refractivity contribution in [2.45, 2.75) is 11.3 Å². The molecule has 1 aromatic carbocycles.